The second-order valence-corrected chi connectivity index (χ2v) is 2.07. The second kappa shape index (κ2) is 2.51. The fourth-order valence-corrected chi connectivity index (χ4v) is 0.567. The first kappa shape index (κ1) is 6.80. The highest BCUT2D eigenvalue weighted by atomic mass is 16.5. The largest absolute Gasteiger partial charge is 0.402 e. The van der Waals surface area contributed by atoms with E-state index in [0.717, 1.165) is 0 Å². The van der Waals surface area contributed by atoms with Gasteiger partial charge >= 0.3 is 0 Å². The summed E-state index contributed by atoms with van der Waals surface area (Å²) in [6.07, 6.45) is 1.62. The molecule has 1 heterocycles. The Morgan fingerprint density at radius 1 is 1.70 bits per heavy atom. The first-order chi connectivity index (χ1) is 4.68. The van der Waals surface area contributed by atoms with E-state index in [4.69, 9.17) is 10.3 Å². The maximum atomic E-state index is 5.37. The minimum atomic E-state index is 0.456. The zero-order valence-electron chi connectivity index (χ0n) is 5.96. The summed E-state index contributed by atoms with van der Waals surface area (Å²) in [5, 5.41) is 3.58. The Bertz CT molecular complexity index is 247. The lowest BCUT2D eigenvalue weighted by Gasteiger charge is -1.82. The summed E-state index contributed by atoms with van der Waals surface area (Å²) in [6.45, 7) is 3.52. The standard InChI is InChI=1S/C6H9N3O/c1-4(7)3-6-8-5(2)9-10-6/h3H,7H2,1-2H3/b4-3-. The molecule has 0 aliphatic rings. The van der Waals surface area contributed by atoms with Crippen LogP contribution in [0.2, 0.25) is 0 Å². The van der Waals surface area contributed by atoms with Crippen molar-refractivity contribution in [3.8, 4) is 0 Å². The lowest BCUT2D eigenvalue weighted by atomic mass is 10.4. The Morgan fingerprint density at radius 3 is 2.80 bits per heavy atom. The molecule has 10 heavy (non-hydrogen) atoms. The molecule has 54 valence electrons. The quantitative estimate of drug-likeness (QED) is 0.621. The predicted octanol–water partition coefficient (Wildman–Crippen LogP) is 0.698. The summed E-state index contributed by atoms with van der Waals surface area (Å²) >= 11 is 0. The number of hydrogen-bond donors (Lipinski definition) is 1. The Morgan fingerprint density at radius 2 is 2.40 bits per heavy atom. The van der Waals surface area contributed by atoms with Crippen molar-refractivity contribution in [1.29, 1.82) is 0 Å². The molecule has 0 saturated carbocycles. The van der Waals surface area contributed by atoms with Gasteiger partial charge in [-0.05, 0) is 13.8 Å². The van der Waals surface area contributed by atoms with Gasteiger partial charge in [0.1, 0.15) is 0 Å². The second-order valence-electron chi connectivity index (χ2n) is 2.07. The molecule has 1 rings (SSSR count). The van der Waals surface area contributed by atoms with Gasteiger partial charge in [0.15, 0.2) is 5.82 Å². The molecule has 1 aromatic heterocycles. The molecule has 0 atom stereocenters. The number of aromatic nitrogens is 2. The molecule has 0 aromatic carbocycles. The lowest BCUT2D eigenvalue weighted by Crippen LogP contribution is -1.89. The fraction of sp³-hybridized carbons (Fsp3) is 0.333. The van der Waals surface area contributed by atoms with Crippen LogP contribution < -0.4 is 5.73 Å². The molecule has 4 heteroatoms. The van der Waals surface area contributed by atoms with E-state index < -0.39 is 0 Å². The van der Waals surface area contributed by atoms with E-state index in [9.17, 15) is 0 Å². The molecule has 0 saturated heterocycles. The number of nitrogens with zero attached hydrogens (tertiary/aromatic N) is 2. The van der Waals surface area contributed by atoms with Crippen LogP contribution in [0.25, 0.3) is 6.08 Å². The topological polar surface area (TPSA) is 64.9 Å². The highest BCUT2D eigenvalue weighted by molar-refractivity contribution is 5.40. The Balaban J connectivity index is 2.86. The summed E-state index contributed by atoms with van der Waals surface area (Å²) < 4.78 is 4.76. The minimum absolute atomic E-state index is 0.456. The van der Waals surface area contributed by atoms with Gasteiger partial charge in [0.05, 0.1) is 0 Å². The molecule has 0 spiro atoms. The highest BCUT2D eigenvalue weighted by Crippen LogP contribution is 1.99. The average molecular weight is 139 g/mol. The Hall–Kier alpha value is -1.32. The molecule has 1 aromatic rings. The summed E-state index contributed by atoms with van der Waals surface area (Å²) in [6, 6.07) is 0. The van der Waals surface area contributed by atoms with Crippen LogP contribution in [0.3, 0.4) is 0 Å². The van der Waals surface area contributed by atoms with Crippen molar-refractivity contribution in [2.24, 2.45) is 5.73 Å². The molecule has 4 nitrogen and oxygen atoms in total. The number of allylic oxidation sites excluding steroid dienone is 1. The number of hydrogen-bond acceptors (Lipinski definition) is 4. The van der Waals surface area contributed by atoms with Crippen LogP contribution >= 0.6 is 0 Å². The Kier molecular flexibility index (Phi) is 1.71. The first-order valence-electron chi connectivity index (χ1n) is 2.92. The number of rotatable bonds is 1. The smallest absolute Gasteiger partial charge is 0.252 e. The van der Waals surface area contributed by atoms with Crippen molar-refractivity contribution in [1.82, 2.24) is 10.1 Å². The van der Waals surface area contributed by atoms with E-state index in [1.54, 1.807) is 19.9 Å². The molecule has 0 unspecified atom stereocenters. The van der Waals surface area contributed by atoms with Gasteiger partial charge in [-0.1, -0.05) is 5.16 Å². The maximum absolute atomic E-state index is 5.37. The monoisotopic (exact) mass is 139 g/mol. The van der Waals surface area contributed by atoms with Gasteiger partial charge in [-0.3, -0.25) is 0 Å². The SMILES string of the molecule is C/C(N)=C/c1nc(C)no1. The van der Waals surface area contributed by atoms with Crippen LogP contribution in [-0.4, -0.2) is 10.1 Å². The summed E-state index contributed by atoms with van der Waals surface area (Å²) in [5.41, 5.74) is 6.02. The molecule has 2 N–H and O–H groups in total. The predicted molar refractivity (Wildman–Crippen MR) is 36.9 cm³/mol. The third-order valence-electron chi connectivity index (χ3n) is 0.894. The van der Waals surface area contributed by atoms with Crippen molar-refractivity contribution < 1.29 is 4.52 Å². The van der Waals surface area contributed by atoms with Crippen molar-refractivity contribution >= 4 is 6.08 Å². The van der Waals surface area contributed by atoms with Crippen molar-refractivity contribution in [2.45, 2.75) is 13.8 Å². The van der Waals surface area contributed by atoms with Crippen molar-refractivity contribution in [3.63, 3.8) is 0 Å². The molecular weight excluding hydrogens is 130 g/mol. The van der Waals surface area contributed by atoms with Gasteiger partial charge < -0.3 is 10.3 Å². The van der Waals surface area contributed by atoms with Crippen LogP contribution in [0.15, 0.2) is 10.2 Å². The first-order valence-corrected chi connectivity index (χ1v) is 2.92. The number of aryl methyl sites for hydroxylation is 1. The van der Waals surface area contributed by atoms with Gasteiger partial charge in [-0.15, -0.1) is 0 Å². The van der Waals surface area contributed by atoms with E-state index in [1.807, 2.05) is 0 Å². The van der Waals surface area contributed by atoms with E-state index >= 15 is 0 Å². The normalized spacial score (nSPS) is 12.0. The van der Waals surface area contributed by atoms with E-state index in [1.165, 1.54) is 0 Å². The van der Waals surface area contributed by atoms with Gasteiger partial charge in [0.2, 0.25) is 0 Å². The molecule has 0 aliphatic carbocycles. The number of nitrogens with two attached hydrogens (primary N) is 1. The molecule has 0 aliphatic heterocycles. The zero-order chi connectivity index (χ0) is 7.56. The van der Waals surface area contributed by atoms with Gasteiger partial charge in [-0.2, -0.15) is 4.98 Å². The summed E-state index contributed by atoms with van der Waals surface area (Å²) in [7, 11) is 0. The summed E-state index contributed by atoms with van der Waals surface area (Å²) in [5.74, 6) is 1.07. The summed E-state index contributed by atoms with van der Waals surface area (Å²) in [4.78, 5) is 3.92. The van der Waals surface area contributed by atoms with E-state index in [2.05, 4.69) is 10.1 Å². The van der Waals surface area contributed by atoms with Gasteiger partial charge in [-0.25, -0.2) is 0 Å². The lowest BCUT2D eigenvalue weighted by molar-refractivity contribution is 0.405. The third kappa shape index (κ3) is 1.58. The minimum Gasteiger partial charge on any atom is -0.402 e. The van der Waals surface area contributed by atoms with Gasteiger partial charge in [0, 0.05) is 11.8 Å². The molecular formula is C6H9N3O. The third-order valence-corrected chi connectivity index (χ3v) is 0.894. The van der Waals surface area contributed by atoms with Crippen molar-refractivity contribution in [2.75, 3.05) is 0 Å². The van der Waals surface area contributed by atoms with Crippen LogP contribution in [0, 0.1) is 6.92 Å². The average Bonchev–Trinajstić information content (AvgIpc) is 2.13. The van der Waals surface area contributed by atoms with Crippen molar-refractivity contribution in [3.05, 3.63) is 17.4 Å². The molecule has 0 fully saturated rings. The van der Waals surface area contributed by atoms with E-state index in [-0.39, 0.29) is 0 Å². The van der Waals surface area contributed by atoms with Gasteiger partial charge in [0.25, 0.3) is 5.89 Å². The fourth-order valence-electron chi connectivity index (χ4n) is 0.567. The van der Waals surface area contributed by atoms with Crippen LogP contribution in [0.1, 0.15) is 18.6 Å². The van der Waals surface area contributed by atoms with Crippen LogP contribution in [0.4, 0.5) is 0 Å². The molecule has 0 amide bonds. The highest BCUT2D eigenvalue weighted by Gasteiger charge is 1.96. The molecule has 0 bridgehead atoms. The van der Waals surface area contributed by atoms with E-state index in [0.29, 0.717) is 17.4 Å². The van der Waals surface area contributed by atoms with Crippen LogP contribution in [0.5, 0.6) is 0 Å². The zero-order valence-corrected chi connectivity index (χ0v) is 5.96. The Labute approximate surface area is 58.7 Å². The maximum Gasteiger partial charge on any atom is 0.252 e. The van der Waals surface area contributed by atoms with Crippen LogP contribution in [-0.2, 0) is 0 Å². The molecule has 0 radical (unpaired) electrons.